The molecule has 0 aliphatic heterocycles. The smallest absolute Gasteiger partial charge is 0.155 e. The van der Waals surface area contributed by atoms with Crippen molar-refractivity contribution in [1.29, 1.82) is 0 Å². The highest BCUT2D eigenvalue weighted by Crippen LogP contribution is 2.01. The molecule has 9 heavy (non-hydrogen) atoms. The summed E-state index contributed by atoms with van der Waals surface area (Å²) in [4.78, 5) is 10.7. The Balaban J connectivity index is 2.88. The van der Waals surface area contributed by atoms with Crippen molar-refractivity contribution < 1.29 is 1.37 Å². The lowest BCUT2D eigenvalue weighted by Crippen LogP contribution is -1.75. The van der Waals surface area contributed by atoms with E-state index in [1.165, 1.54) is 0 Å². The highest BCUT2D eigenvalue weighted by atomic mass is 14.9. The fourth-order valence-corrected chi connectivity index (χ4v) is 0.724. The van der Waals surface area contributed by atoms with Crippen molar-refractivity contribution >= 4 is 11.2 Å². The third-order valence-corrected chi connectivity index (χ3v) is 1.13. The fourth-order valence-electron chi connectivity index (χ4n) is 0.724. The summed E-state index contributed by atoms with van der Waals surface area (Å²) >= 11 is 0. The van der Waals surface area contributed by atoms with Crippen molar-refractivity contribution in [2.24, 2.45) is 0 Å². The van der Waals surface area contributed by atoms with E-state index >= 15 is 0 Å². The molecule has 0 fully saturated rings. The third-order valence-electron chi connectivity index (χ3n) is 1.13. The van der Waals surface area contributed by atoms with Crippen molar-refractivity contribution in [3.8, 4) is 0 Å². The molecule has 2 rings (SSSR count). The predicted molar refractivity (Wildman–Crippen MR) is 33.9 cm³/mol. The highest BCUT2D eigenvalue weighted by molar-refractivity contribution is 5.69. The Morgan fingerprint density at radius 1 is 1.44 bits per heavy atom. The van der Waals surface area contributed by atoms with Crippen LogP contribution < -0.4 is 0 Å². The molecule has 0 saturated carbocycles. The number of hydrogen-bond donors (Lipinski definition) is 1. The van der Waals surface area contributed by atoms with Crippen LogP contribution in [-0.2, 0) is 0 Å². The van der Waals surface area contributed by atoms with Crippen LogP contribution >= 0.6 is 0 Å². The predicted octanol–water partition coefficient (Wildman–Crippen LogP) is 0.958. The van der Waals surface area contributed by atoms with Crippen LogP contribution in [0.1, 0.15) is 1.37 Å². The van der Waals surface area contributed by atoms with Gasteiger partial charge in [0.25, 0.3) is 0 Å². The SMILES string of the molecule is [2H]c1cc2nccnc2[nH]1. The van der Waals surface area contributed by atoms with E-state index < -0.39 is 0 Å². The normalized spacial score (nSPS) is 11.8. The maximum atomic E-state index is 7.19. The molecule has 1 N–H and O–H groups in total. The van der Waals surface area contributed by atoms with Crippen LogP contribution in [0, 0.1) is 0 Å². The minimum atomic E-state index is 0.348. The molecule has 2 aromatic heterocycles. The van der Waals surface area contributed by atoms with Gasteiger partial charge in [-0.15, -0.1) is 0 Å². The van der Waals surface area contributed by atoms with Crippen LogP contribution in [-0.4, -0.2) is 15.0 Å². The zero-order chi connectivity index (χ0) is 6.97. The van der Waals surface area contributed by atoms with Crippen LogP contribution in [0.3, 0.4) is 0 Å². The van der Waals surface area contributed by atoms with Gasteiger partial charge in [0.2, 0.25) is 0 Å². The molecule has 0 aromatic carbocycles. The largest absolute Gasteiger partial charge is 0.345 e. The van der Waals surface area contributed by atoms with Gasteiger partial charge in [0.05, 0.1) is 1.37 Å². The summed E-state index contributed by atoms with van der Waals surface area (Å²) in [5.41, 5.74) is 1.42. The first kappa shape index (κ1) is 3.61. The first-order valence-corrected chi connectivity index (χ1v) is 2.62. The van der Waals surface area contributed by atoms with Crippen LogP contribution in [0.4, 0.5) is 0 Å². The monoisotopic (exact) mass is 120 g/mol. The Bertz CT molecular complexity index is 322. The molecule has 0 amide bonds. The van der Waals surface area contributed by atoms with E-state index in [4.69, 9.17) is 1.37 Å². The molecule has 0 unspecified atom stereocenters. The molecule has 2 heterocycles. The molecule has 3 heteroatoms. The van der Waals surface area contributed by atoms with Crippen molar-refractivity contribution in [2.45, 2.75) is 0 Å². The molecular weight excluding hydrogens is 114 g/mol. The number of fused-ring (bicyclic) bond motifs is 1. The maximum absolute atomic E-state index is 7.19. The highest BCUT2D eigenvalue weighted by Gasteiger charge is 1.90. The number of H-pyrrole nitrogens is 1. The molecule has 0 saturated heterocycles. The molecule has 0 bridgehead atoms. The van der Waals surface area contributed by atoms with Crippen molar-refractivity contribution in [3.63, 3.8) is 0 Å². The first-order chi connectivity index (χ1) is 4.86. The average molecular weight is 120 g/mol. The molecule has 2 aromatic rings. The van der Waals surface area contributed by atoms with E-state index in [9.17, 15) is 0 Å². The second-order valence-corrected chi connectivity index (χ2v) is 1.70. The lowest BCUT2D eigenvalue weighted by atomic mass is 10.5. The second-order valence-electron chi connectivity index (χ2n) is 1.70. The van der Waals surface area contributed by atoms with Gasteiger partial charge in [0.1, 0.15) is 5.52 Å². The zero-order valence-electron chi connectivity index (χ0n) is 5.63. The molecule has 44 valence electrons. The maximum Gasteiger partial charge on any atom is 0.155 e. The summed E-state index contributed by atoms with van der Waals surface area (Å²) in [6, 6.07) is 1.64. The quantitative estimate of drug-likeness (QED) is 0.562. The molecule has 0 spiro atoms. The van der Waals surface area contributed by atoms with E-state index in [1.54, 1.807) is 18.5 Å². The van der Waals surface area contributed by atoms with Crippen molar-refractivity contribution in [3.05, 3.63) is 24.6 Å². The lowest BCUT2D eigenvalue weighted by molar-refractivity contribution is 1.26. The first-order valence-electron chi connectivity index (χ1n) is 3.12. The Hall–Kier alpha value is -1.38. The van der Waals surface area contributed by atoms with Gasteiger partial charge in [-0.2, -0.15) is 0 Å². The van der Waals surface area contributed by atoms with E-state index in [2.05, 4.69) is 15.0 Å². The van der Waals surface area contributed by atoms with Gasteiger partial charge in [0, 0.05) is 18.6 Å². The van der Waals surface area contributed by atoms with Gasteiger partial charge in [-0.1, -0.05) is 0 Å². The van der Waals surface area contributed by atoms with Crippen LogP contribution in [0.5, 0.6) is 0 Å². The van der Waals surface area contributed by atoms with Crippen LogP contribution in [0.2, 0.25) is 0 Å². The minimum Gasteiger partial charge on any atom is -0.345 e. The molecular formula is C6H5N3. The summed E-state index contributed by atoms with van der Waals surface area (Å²) in [6.07, 6.45) is 3.55. The molecule has 0 aliphatic rings. The summed E-state index contributed by atoms with van der Waals surface area (Å²) in [7, 11) is 0. The third kappa shape index (κ3) is 0.579. The standard InChI is InChI=1S/C6H5N3/c1-2-8-6-5(1)7-3-4-9-6/h1-4H,(H,8,9)/i2D. The minimum absolute atomic E-state index is 0.348. The number of hydrogen-bond acceptors (Lipinski definition) is 2. The summed E-state index contributed by atoms with van der Waals surface area (Å²) in [5.74, 6) is 0. The number of rotatable bonds is 0. The van der Waals surface area contributed by atoms with E-state index in [0.29, 0.717) is 11.8 Å². The number of aromatic nitrogens is 3. The van der Waals surface area contributed by atoms with Crippen LogP contribution in [0.25, 0.3) is 11.2 Å². The van der Waals surface area contributed by atoms with Gasteiger partial charge in [-0.25, -0.2) is 4.98 Å². The molecule has 0 atom stereocenters. The molecule has 0 radical (unpaired) electrons. The van der Waals surface area contributed by atoms with Gasteiger partial charge >= 0.3 is 0 Å². The Labute approximate surface area is 53.2 Å². The van der Waals surface area contributed by atoms with Crippen molar-refractivity contribution in [2.75, 3.05) is 0 Å². The van der Waals surface area contributed by atoms with Gasteiger partial charge in [-0.3, -0.25) is 4.98 Å². The summed E-state index contributed by atoms with van der Waals surface area (Å²) in [6.45, 7) is 0. The van der Waals surface area contributed by atoms with Crippen LogP contribution in [0.15, 0.2) is 24.6 Å². The zero-order valence-corrected chi connectivity index (χ0v) is 4.63. The van der Waals surface area contributed by atoms with Crippen molar-refractivity contribution in [1.82, 2.24) is 15.0 Å². The van der Waals surface area contributed by atoms with E-state index in [0.717, 1.165) is 5.52 Å². The average Bonchev–Trinajstić information content (AvgIpc) is 2.27. The van der Waals surface area contributed by atoms with Gasteiger partial charge in [-0.05, 0) is 6.07 Å². The number of nitrogens with one attached hydrogen (secondary N) is 1. The Morgan fingerprint density at radius 3 is 3.22 bits per heavy atom. The summed E-state index contributed by atoms with van der Waals surface area (Å²) in [5, 5.41) is 0. The summed E-state index contributed by atoms with van der Waals surface area (Å²) < 4.78 is 7.19. The lowest BCUT2D eigenvalue weighted by Gasteiger charge is -1.81. The molecule has 3 nitrogen and oxygen atoms in total. The second kappa shape index (κ2) is 1.55. The topological polar surface area (TPSA) is 41.6 Å². The van der Waals surface area contributed by atoms with Gasteiger partial charge in [0.15, 0.2) is 5.65 Å². The molecule has 0 aliphatic carbocycles. The number of aromatic amines is 1. The Kier molecular flexibility index (Phi) is 0.621. The van der Waals surface area contributed by atoms with E-state index in [1.807, 2.05) is 0 Å². The fraction of sp³-hybridized carbons (Fsp3) is 0. The Morgan fingerprint density at radius 2 is 2.33 bits per heavy atom. The number of nitrogens with zero attached hydrogens (tertiary/aromatic N) is 2. The van der Waals surface area contributed by atoms with Gasteiger partial charge < -0.3 is 4.98 Å². The van der Waals surface area contributed by atoms with E-state index in [-0.39, 0.29) is 0 Å².